The molecule has 1 aliphatic carbocycles. The Labute approximate surface area is 119 Å². The number of nitrogens with zero attached hydrogens (tertiary/aromatic N) is 3. The lowest BCUT2D eigenvalue weighted by molar-refractivity contribution is 0.241. The third-order valence-electron chi connectivity index (χ3n) is 4.46. The van der Waals surface area contributed by atoms with Crippen LogP contribution < -0.4 is 9.64 Å². The highest BCUT2D eigenvalue weighted by Crippen LogP contribution is 2.41. The molecule has 1 aliphatic heterocycles. The Morgan fingerprint density at radius 1 is 1.21 bits per heavy atom. The largest absolute Gasteiger partial charge is 0.490 e. The van der Waals surface area contributed by atoms with Crippen LogP contribution >= 0.6 is 11.6 Å². The first-order chi connectivity index (χ1) is 9.31. The van der Waals surface area contributed by atoms with Crippen molar-refractivity contribution >= 4 is 17.4 Å². The highest BCUT2D eigenvalue weighted by atomic mass is 35.5. The van der Waals surface area contributed by atoms with Crippen LogP contribution in [0.15, 0.2) is 6.33 Å². The molecule has 0 N–H and O–H groups in total. The summed E-state index contributed by atoms with van der Waals surface area (Å²) in [4.78, 5) is 10.8. The molecule has 4 nitrogen and oxygen atoms in total. The topological polar surface area (TPSA) is 38.3 Å². The van der Waals surface area contributed by atoms with E-state index in [1.807, 2.05) is 0 Å². The molecule has 5 heteroatoms. The van der Waals surface area contributed by atoms with Crippen molar-refractivity contribution in [2.75, 3.05) is 18.6 Å². The maximum atomic E-state index is 6.12. The van der Waals surface area contributed by atoms with Crippen molar-refractivity contribution in [2.24, 2.45) is 5.92 Å². The molecule has 0 unspecified atom stereocenters. The summed E-state index contributed by atoms with van der Waals surface area (Å²) >= 11 is 6.12. The predicted octanol–water partition coefficient (Wildman–Crippen LogP) is 3.30. The second-order valence-corrected chi connectivity index (χ2v) is 5.83. The number of aromatic nitrogens is 2. The monoisotopic (exact) mass is 281 g/mol. The Morgan fingerprint density at radius 2 is 2.00 bits per heavy atom. The SMILES string of the molecule is COc1c(Cl)ncnc1N1CCC[C@H]2CCCC[C@H]21. The Balaban J connectivity index is 1.94. The summed E-state index contributed by atoms with van der Waals surface area (Å²) in [5, 5.41) is 0.408. The minimum atomic E-state index is 0.408. The van der Waals surface area contributed by atoms with Gasteiger partial charge < -0.3 is 9.64 Å². The van der Waals surface area contributed by atoms with E-state index in [1.165, 1.54) is 44.9 Å². The smallest absolute Gasteiger partial charge is 0.199 e. The molecule has 0 spiro atoms. The summed E-state index contributed by atoms with van der Waals surface area (Å²) in [6.45, 7) is 1.05. The summed E-state index contributed by atoms with van der Waals surface area (Å²) < 4.78 is 5.41. The standard InChI is InChI=1S/C14H20ClN3O/c1-19-12-13(15)16-9-17-14(12)18-8-4-6-10-5-2-3-7-11(10)18/h9-11H,2-8H2,1H3/t10-,11-/m1/s1. The van der Waals surface area contributed by atoms with Crippen molar-refractivity contribution in [3.63, 3.8) is 0 Å². The van der Waals surface area contributed by atoms with Crippen LogP contribution in [0.2, 0.25) is 5.15 Å². The third-order valence-corrected chi connectivity index (χ3v) is 4.73. The van der Waals surface area contributed by atoms with Crippen LogP contribution in [0.25, 0.3) is 0 Å². The number of fused-ring (bicyclic) bond motifs is 1. The number of anilines is 1. The van der Waals surface area contributed by atoms with Crippen LogP contribution in [-0.4, -0.2) is 29.7 Å². The highest BCUT2D eigenvalue weighted by Gasteiger charge is 2.35. The van der Waals surface area contributed by atoms with Crippen molar-refractivity contribution in [1.29, 1.82) is 0 Å². The first-order valence-corrected chi connectivity index (χ1v) is 7.50. The van der Waals surface area contributed by atoms with Gasteiger partial charge in [-0.1, -0.05) is 24.4 Å². The second-order valence-electron chi connectivity index (χ2n) is 5.47. The van der Waals surface area contributed by atoms with Gasteiger partial charge in [-0.25, -0.2) is 9.97 Å². The molecule has 19 heavy (non-hydrogen) atoms. The molecule has 0 amide bonds. The van der Waals surface area contributed by atoms with Crippen molar-refractivity contribution in [2.45, 2.75) is 44.6 Å². The van der Waals surface area contributed by atoms with Gasteiger partial charge in [0.1, 0.15) is 6.33 Å². The Morgan fingerprint density at radius 3 is 2.84 bits per heavy atom. The molecule has 0 bridgehead atoms. The van der Waals surface area contributed by atoms with Crippen LogP contribution in [0.3, 0.4) is 0 Å². The quantitative estimate of drug-likeness (QED) is 0.780. The summed E-state index contributed by atoms with van der Waals surface area (Å²) in [6.07, 6.45) is 9.41. The number of piperidine rings is 1. The first-order valence-electron chi connectivity index (χ1n) is 7.12. The molecule has 2 aliphatic rings. The molecule has 2 fully saturated rings. The van der Waals surface area contributed by atoms with E-state index in [0.717, 1.165) is 18.3 Å². The van der Waals surface area contributed by atoms with E-state index in [4.69, 9.17) is 16.3 Å². The lowest BCUT2D eigenvalue weighted by atomic mass is 9.78. The van der Waals surface area contributed by atoms with Crippen LogP contribution in [0, 0.1) is 5.92 Å². The molecule has 1 aromatic heterocycles. The minimum Gasteiger partial charge on any atom is -0.490 e. The fourth-order valence-corrected chi connectivity index (χ4v) is 3.82. The van der Waals surface area contributed by atoms with Gasteiger partial charge in [0, 0.05) is 12.6 Å². The molecule has 2 atom stereocenters. The van der Waals surface area contributed by atoms with Crippen molar-refractivity contribution in [3.8, 4) is 5.75 Å². The molecule has 0 radical (unpaired) electrons. The summed E-state index contributed by atoms with van der Waals surface area (Å²) in [7, 11) is 1.64. The Bertz CT molecular complexity index is 452. The summed E-state index contributed by atoms with van der Waals surface area (Å²) in [5.74, 6) is 2.30. The highest BCUT2D eigenvalue weighted by molar-refractivity contribution is 6.31. The van der Waals surface area contributed by atoms with E-state index in [1.54, 1.807) is 7.11 Å². The number of methoxy groups -OCH3 is 1. The number of hydrogen-bond acceptors (Lipinski definition) is 4. The molecular weight excluding hydrogens is 262 g/mol. The van der Waals surface area contributed by atoms with Gasteiger partial charge in [-0.3, -0.25) is 0 Å². The van der Waals surface area contributed by atoms with Crippen LogP contribution in [0.5, 0.6) is 5.75 Å². The van der Waals surface area contributed by atoms with E-state index < -0.39 is 0 Å². The van der Waals surface area contributed by atoms with E-state index in [2.05, 4.69) is 14.9 Å². The molecule has 0 aromatic carbocycles. The first kappa shape index (κ1) is 13.0. The average molecular weight is 282 g/mol. The molecule has 104 valence electrons. The van der Waals surface area contributed by atoms with E-state index in [0.29, 0.717) is 16.9 Å². The number of rotatable bonds is 2. The van der Waals surface area contributed by atoms with Crippen LogP contribution in [0.1, 0.15) is 38.5 Å². The fraction of sp³-hybridized carbons (Fsp3) is 0.714. The van der Waals surface area contributed by atoms with Gasteiger partial charge in [-0.2, -0.15) is 0 Å². The van der Waals surface area contributed by atoms with Gasteiger partial charge in [-0.05, 0) is 31.6 Å². The number of hydrogen-bond donors (Lipinski definition) is 0. The van der Waals surface area contributed by atoms with Gasteiger partial charge in [0.15, 0.2) is 16.7 Å². The summed E-state index contributed by atoms with van der Waals surface area (Å²) in [5.41, 5.74) is 0. The van der Waals surface area contributed by atoms with Crippen molar-refractivity contribution in [3.05, 3.63) is 11.5 Å². The van der Waals surface area contributed by atoms with Gasteiger partial charge in [0.25, 0.3) is 0 Å². The second kappa shape index (κ2) is 5.53. The van der Waals surface area contributed by atoms with Crippen molar-refractivity contribution < 1.29 is 4.74 Å². The Hall–Kier alpha value is -1.03. The van der Waals surface area contributed by atoms with Gasteiger partial charge in [-0.15, -0.1) is 0 Å². The zero-order valence-electron chi connectivity index (χ0n) is 11.3. The van der Waals surface area contributed by atoms with Gasteiger partial charge in [0.2, 0.25) is 0 Å². The molecule has 1 saturated carbocycles. The average Bonchev–Trinajstić information content (AvgIpc) is 2.46. The van der Waals surface area contributed by atoms with Crippen molar-refractivity contribution in [1.82, 2.24) is 9.97 Å². The normalized spacial score (nSPS) is 26.9. The van der Waals surface area contributed by atoms with Gasteiger partial charge in [0.05, 0.1) is 7.11 Å². The van der Waals surface area contributed by atoms with Crippen LogP contribution in [0.4, 0.5) is 5.82 Å². The maximum absolute atomic E-state index is 6.12. The zero-order valence-corrected chi connectivity index (χ0v) is 12.1. The maximum Gasteiger partial charge on any atom is 0.199 e. The van der Waals surface area contributed by atoms with E-state index in [-0.39, 0.29) is 0 Å². The molecule has 1 saturated heterocycles. The summed E-state index contributed by atoms with van der Waals surface area (Å²) in [6, 6.07) is 0.599. The predicted molar refractivity (Wildman–Crippen MR) is 75.9 cm³/mol. The third kappa shape index (κ3) is 2.38. The van der Waals surface area contributed by atoms with E-state index in [9.17, 15) is 0 Å². The minimum absolute atomic E-state index is 0.408. The molecular formula is C14H20ClN3O. The molecule has 3 rings (SSSR count). The van der Waals surface area contributed by atoms with Crippen LogP contribution in [-0.2, 0) is 0 Å². The number of ether oxygens (including phenoxy) is 1. The van der Waals surface area contributed by atoms with Gasteiger partial charge >= 0.3 is 0 Å². The lowest BCUT2D eigenvalue weighted by Crippen LogP contribution is -2.47. The number of halogens is 1. The lowest BCUT2D eigenvalue weighted by Gasteiger charge is -2.45. The fourth-order valence-electron chi connectivity index (χ4n) is 3.61. The molecule has 2 heterocycles. The Kier molecular flexibility index (Phi) is 3.78. The van der Waals surface area contributed by atoms with E-state index >= 15 is 0 Å². The molecule has 1 aromatic rings. The zero-order chi connectivity index (χ0) is 13.2.